The predicted octanol–water partition coefficient (Wildman–Crippen LogP) is 2.01. The lowest BCUT2D eigenvalue weighted by Gasteiger charge is -2.33. The quantitative estimate of drug-likeness (QED) is 0.797. The number of carbonyl (C=O) groups excluding carboxylic acids is 2. The van der Waals surface area contributed by atoms with E-state index in [-0.39, 0.29) is 12.0 Å². The van der Waals surface area contributed by atoms with E-state index in [1.807, 2.05) is 24.3 Å². The van der Waals surface area contributed by atoms with E-state index < -0.39 is 0 Å². The van der Waals surface area contributed by atoms with Crippen molar-refractivity contribution in [2.24, 2.45) is 0 Å². The van der Waals surface area contributed by atoms with Crippen molar-refractivity contribution in [2.45, 2.75) is 6.92 Å². The van der Waals surface area contributed by atoms with E-state index in [2.05, 4.69) is 0 Å². The van der Waals surface area contributed by atoms with Crippen molar-refractivity contribution in [3.63, 3.8) is 0 Å². The first kappa shape index (κ1) is 16.9. The van der Waals surface area contributed by atoms with Gasteiger partial charge in [-0.1, -0.05) is 18.2 Å². The molecule has 1 saturated heterocycles. The van der Waals surface area contributed by atoms with Crippen molar-refractivity contribution in [2.75, 3.05) is 39.9 Å². The van der Waals surface area contributed by atoms with Crippen LogP contribution < -0.4 is 4.74 Å². The Morgan fingerprint density at radius 3 is 2.43 bits per heavy atom. The SMILES string of the molecule is CCOC(=O)N1CCN(C(=O)C=Cc2ccccc2OC)CC1. The van der Waals surface area contributed by atoms with Gasteiger partial charge in [-0.3, -0.25) is 4.79 Å². The molecule has 0 radical (unpaired) electrons. The van der Waals surface area contributed by atoms with Gasteiger partial charge in [0.1, 0.15) is 5.75 Å². The van der Waals surface area contributed by atoms with Crippen LogP contribution in [-0.2, 0) is 9.53 Å². The van der Waals surface area contributed by atoms with E-state index in [1.165, 1.54) is 6.08 Å². The fourth-order valence-corrected chi connectivity index (χ4v) is 2.39. The highest BCUT2D eigenvalue weighted by molar-refractivity contribution is 5.92. The summed E-state index contributed by atoms with van der Waals surface area (Å²) in [6.07, 6.45) is 2.97. The highest BCUT2D eigenvalue weighted by Gasteiger charge is 2.23. The number of hydrogen-bond donors (Lipinski definition) is 0. The molecule has 1 fully saturated rings. The number of nitrogens with zero attached hydrogens (tertiary/aromatic N) is 2. The smallest absolute Gasteiger partial charge is 0.409 e. The minimum atomic E-state index is -0.316. The number of rotatable bonds is 4. The van der Waals surface area contributed by atoms with Crippen LogP contribution >= 0.6 is 0 Å². The molecule has 1 aromatic rings. The topological polar surface area (TPSA) is 59.1 Å². The first-order valence-electron chi connectivity index (χ1n) is 7.67. The molecule has 23 heavy (non-hydrogen) atoms. The molecule has 0 unspecified atom stereocenters. The fraction of sp³-hybridized carbons (Fsp3) is 0.412. The molecule has 0 bridgehead atoms. The Balaban J connectivity index is 1.90. The van der Waals surface area contributed by atoms with E-state index in [0.717, 1.165) is 11.3 Å². The standard InChI is InChI=1S/C17H22N2O4/c1-3-23-17(21)19-12-10-18(11-13-19)16(20)9-8-14-6-4-5-7-15(14)22-2/h4-9H,3,10-13H2,1-2H3. The molecule has 1 aromatic carbocycles. The van der Waals surface area contributed by atoms with Gasteiger partial charge < -0.3 is 19.3 Å². The van der Waals surface area contributed by atoms with E-state index in [4.69, 9.17) is 9.47 Å². The molecular formula is C17H22N2O4. The Labute approximate surface area is 136 Å². The minimum Gasteiger partial charge on any atom is -0.496 e. The monoisotopic (exact) mass is 318 g/mol. The highest BCUT2D eigenvalue weighted by Crippen LogP contribution is 2.18. The Morgan fingerprint density at radius 1 is 1.13 bits per heavy atom. The highest BCUT2D eigenvalue weighted by atomic mass is 16.6. The summed E-state index contributed by atoms with van der Waals surface area (Å²) in [6.45, 7) is 4.14. The van der Waals surface area contributed by atoms with Crippen LogP contribution in [0.15, 0.2) is 30.3 Å². The summed E-state index contributed by atoms with van der Waals surface area (Å²) in [6, 6.07) is 7.51. The van der Waals surface area contributed by atoms with E-state index in [0.29, 0.717) is 32.8 Å². The van der Waals surface area contributed by atoms with Crippen molar-refractivity contribution >= 4 is 18.1 Å². The van der Waals surface area contributed by atoms with Gasteiger partial charge in [0.15, 0.2) is 0 Å². The molecule has 0 atom stereocenters. The van der Waals surface area contributed by atoms with Gasteiger partial charge in [-0.15, -0.1) is 0 Å². The van der Waals surface area contributed by atoms with Crippen LogP contribution in [0.3, 0.4) is 0 Å². The van der Waals surface area contributed by atoms with Gasteiger partial charge in [0.05, 0.1) is 13.7 Å². The number of benzene rings is 1. The molecule has 0 aromatic heterocycles. The average molecular weight is 318 g/mol. The Kier molecular flexibility index (Phi) is 6.02. The molecule has 1 aliphatic rings. The van der Waals surface area contributed by atoms with Crippen LogP contribution in [0.2, 0.25) is 0 Å². The summed E-state index contributed by atoms with van der Waals surface area (Å²) in [5, 5.41) is 0. The number of para-hydroxylation sites is 1. The van der Waals surface area contributed by atoms with Gasteiger partial charge in [-0.2, -0.15) is 0 Å². The van der Waals surface area contributed by atoms with Gasteiger partial charge in [-0.25, -0.2) is 4.79 Å². The summed E-state index contributed by atoms with van der Waals surface area (Å²) in [4.78, 5) is 27.2. The third-order valence-electron chi connectivity index (χ3n) is 3.66. The van der Waals surface area contributed by atoms with Crippen molar-refractivity contribution in [3.8, 4) is 5.75 Å². The van der Waals surface area contributed by atoms with E-state index in [9.17, 15) is 9.59 Å². The van der Waals surface area contributed by atoms with Crippen LogP contribution in [0.4, 0.5) is 4.79 Å². The molecule has 0 spiro atoms. The summed E-state index contributed by atoms with van der Waals surface area (Å²) in [5.74, 6) is 0.656. The lowest BCUT2D eigenvalue weighted by atomic mass is 10.2. The normalized spacial score (nSPS) is 14.9. The zero-order valence-electron chi connectivity index (χ0n) is 13.5. The zero-order valence-corrected chi connectivity index (χ0v) is 13.5. The molecule has 1 heterocycles. The molecule has 0 saturated carbocycles. The van der Waals surface area contributed by atoms with Crippen LogP contribution in [0.5, 0.6) is 5.75 Å². The Hall–Kier alpha value is -2.50. The lowest BCUT2D eigenvalue weighted by molar-refractivity contribution is -0.127. The molecule has 124 valence electrons. The summed E-state index contributed by atoms with van der Waals surface area (Å²) < 4.78 is 10.2. The third kappa shape index (κ3) is 4.48. The van der Waals surface area contributed by atoms with Crippen LogP contribution in [-0.4, -0.2) is 61.7 Å². The molecular weight excluding hydrogens is 296 g/mol. The van der Waals surface area contributed by atoms with Crippen molar-refractivity contribution < 1.29 is 19.1 Å². The molecule has 6 nitrogen and oxygen atoms in total. The molecule has 6 heteroatoms. The summed E-state index contributed by atoms with van der Waals surface area (Å²) in [5.41, 5.74) is 0.855. The number of ether oxygens (including phenoxy) is 2. The number of piperazine rings is 1. The van der Waals surface area contributed by atoms with Crippen molar-refractivity contribution in [1.29, 1.82) is 0 Å². The largest absolute Gasteiger partial charge is 0.496 e. The predicted molar refractivity (Wildman–Crippen MR) is 87.2 cm³/mol. The number of hydrogen-bond acceptors (Lipinski definition) is 4. The van der Waals surface area contributed by atoms with Crippen molar-refractivity contribution in [1.82, 2.24) is 9.80 Å². The Bertz CT molecular complexity index is 578. The second-order valence-corrected chi connectivity index (χ2v) is 5.09. The zero-order chi connectivity index (χ0) is 16.7. The number of methoxy groups -OCH3 is 1. The first-order chi connectivity index (χ1) is 11.2. The second kappa shape index (κ2) is 8.22. The summed E-state index contributed by atoms with van der Waals surface area (Å²) in [7, 11) is 1.60. The molecule has 2 rings (SSSR count). The maximum atomic E-state index is 12.2. The second-order valence-electron chi connectivity index (χ2n) is 5.09. The van der Waals surface area contributed by atoms with Gasteiger partial charge in [0.2, 0.25) is 5.91 Å². The van der Waals surface area contributed by atoms with Gasteiger partial charge >= 0.3 is 6.09 Å². The summed E-state index contributed by atoms with van der Waals surface area (Å²) >= 11 is 0. The van der Waals surface area contributed by atoms with Gasteiger partial charge in [0, 0.05) is 37.8 Å². The lowest BCUT2D eigenvalue weighted by Crippen LogP contribution is -2.50. The molecule has 2 amide bonds. The van der Waals surface area contributed by atoms with Gasteiger partial charge in [0.25, 0.3) is 0 Å². The van der Waals surface area contributed by atoms with E-state index in [1.54, 1.807) is 29.9 Å². The van der Waals surface area contributed by atoms with Gasteiger partial charge in [-0.05, 0) is 19.1 Å². The minimum absolute atomic E-state index is 0.0700. The van der Waals surface area contributed by atoms with Crippen LogP contribution in [0.1, 0.15) is 12.5 Å². The third-order valence-corrected chi connectivity index (χ3v) is 3.66. The molecule has 1 aliphatic heterocycles. The average Bonchev–Trinajstić information content (AvgIpc) is 2.60. The maximum absolute atomic E-state index is 12.2. The first-order valence-corrected chi connectivity index (χ1v) is 7.67. The maximum Gasteiger partial charge on any atom is 0.409 e. The van der Waals surface area contributed by atoms with Crippen molar-refractivity contribution in [3.05, 3.63) is 35.9 Å². The Morgan fingerprint density at radius 2 is 1.78 bits per heavy atom. The fourth-order valence-electron chi connectivity index (χ4n) is 2.39. The van der Waals surface area contributed by atoms with Crippen LogP contribution in [0, 0.1) is 0 Å². The molecule has 0 aliphatic carbocycles. The van der Waals surface area contributed by atoms with Crippen LogP contribution in [0.25, 0.3) is 6.08 Å². The molecule has 0 N–H and O–H groups in total. The van der Waals surface area contributed by atoms with E-state index >= 15 is 0 Å². The number of carbonyl (C=O) groups is 2. The number of amides is 2.